The minimum atomic E-state index is -1.64. The number of hydrogen-bond acceptors (Lipinski definition) is 6. The van der Waals surface area contributed by atoms with E-state index in [-0.39, 0.29) is 0 Å². The predicted octanol–water partition coefficient (Wildman–Crippen LogP) is 1.05. The Labute approximate surface area is 81.3 Å². The lowest BCUT2D eigenvalue weighted by atomic mass is 10.1. The summed E-state index contributed by atoms with van der Waals surface area (Å²) in [6.07, 6.45) is 0. The standard InChI is InChI=1S/C8H6N6/c1-7(3-9,4-10)13-14-8(2,5-11)6-12/h1-2H3. The van der Waals surface area contributed by atoms with Crippen LogP contribution in [-0.2, 0) is 0 Å². The van der Waals surface area contributed by atoms with E-state index < -0.39 is 11.1 Å². The van der Waals surface area contributed by atoms with E-state index in [2.05, 4.69) is 10.2 Å². The Morgan fingerprint density at radius 1 is 0.714 bits per heavy atom. The first kappa shape index (κ1) is 11.6. The first-order valence-corrected chi connectivity index (χ1v) is 3.54. The van der Waals surface area contributed by atoms with Crippen molar-refractivity contribution in [3.05, 3.63) is 0 Å². The molecule has 0 fully saturated rings. The molecule has 0 saturated carbocycles. The highest BCUT2D eigenvalue weighted by Crippen LogP contribution is 2.13. The molecule has 0 aromatic heterocycles. The normalized spacial score (nSPS) is 11.0. The van der Waals surface area contributed by atoms with E-state index in [1.165, 1.54) is 13.8 Å². The maximum Gasteiger partial charge on any atom is 0.249 e. The van der Waals surface area contributed by atoms with Crippen molar-refractivity contribution in [1.82, 2.24) is 0 Å². The summed E-state index contributed by atoms with van der Waals surface area (Å²) in [7, 11) is 0. The van der Waals surface area contributed by atoms with Gasteiger partial charge in [-0.1, -0.05) is 0 Å². The number of nitriles is 4. The van der Waals surface area contributed by atoms with E-state index in [9.17, 15) is 0 Å². The fraction of sp³-hybridized carbons (Fsp3) is 0.500. The minimum Gasteiger partial charge on any atom is -0.194 e. The van der Waals surface area contributed by atoms with E-state index in [0.717, 1.165) is 0 Å². The molecule has 0 N–H and O–H groups in total. The van der Waals surface area contributed by atoms with E-state index in [4.69, 9.17) is 21.0 Å². The second kappa shape index (κ2) is 3.99. The van der Waals surface area contributed by atoms with Gasteiger partial charge in [0.05, 0.1) is 0 Å². The molecule has 0 bridgehead atoms. The molecule has 0 unspecified atom stereocenters. The average Bonchev–Trinajstić information content (AvgIpc) is 2.25. The molecule has 0 aliphatic rings. The number of nitrogens with zero attached hydrogens (tertiary/aromatic N) is 6. The molecule has 68 valence electrons. The molecule has 0 aromatic carbocycles. The fourth-order valence-corrected chi connectivity index (χ4v) is 0.339. The number of rotatable bonds is 2. The zero-order chi connectivity index (χ0) is 11.2. The third kappa shape index (κ3) is 2.55. The van der Waals surface area contributed by atoms with Crippen LogP contribution in [0.3, 0.4) is 0 Å². The molecular formula is C8H6N6. The largest absolute Gasteiger partial charge is 0.249 e. The van der Waals surface area contributed by atoms with E-state index in [0.29, 0.717) is 0 Å². The van der Waals surface area contributed by atoms with Crippen LogP contribution in [0.15, 0.2) is 10.2 Å². The van der Waals surface area contributed by atoms with Gasteiger partial charge in [-0.3, -0.25) is 0 Å². The molecule has 0 amide bonds. The molecule has 0 saturated heterocycles. The molecule has 6 heteroatoms. The van der Waals surface area contributed by atoms with Crippen molar-refractivity contribution in [1.29, 1.82) is 21.0 Å². The van der Waals surface area contributed by atoms with Crippen LogP contribution in [-0.4, -0.2) is 11.1 Å². The van der Waals surface area contributed by atoms with Gasteiger partial charge in [0.15, 0.2) is 0 Å². The molecular weight excluding hydrogens is 180 g/mol. The maximum absolute atomic E-state index is 8.54. The van der Waals surface area contributed by atoms with Crippen molar-refractivity contribution < 1.29 is 0 Å². The first-order chi connectivity index (χ1) is 6.45. The summed E-state index contributed by atoms with van der Waals surface area (Å²) in [5, 5.41) is 40.9. The molecule has 0 rings (SSSR count). The molecule has 0 aliphatic carbocycles. The highest BCUT2D eigenvalue weighted by molar-refractivity contribution is 5.22. The summed E-state index contributed by atoms with van der Waals surface area (Å²) >= 11 is 0. The zero-order valence-corrected chi connectivity index (χ0v) is 7.68. The molecule has 0 atom stereocenters. The predicted molar refractivity (Wildman–Crippen MR) is 44.1 cm³/mol. The van der Waals surface area contributed by atoms with Crippen LogP contribution in [0.1, 0.15) is 13.8 Å². The van der Waals surface area contributed by atoms with Gasteiger partial charge in [-0.2, -0.15) is 31.3 Å². The summed E-state index contributed by atoms with van der Waals surface area (Å²) in [6, 6.07) is 6.43. The maximum atomic E-state index is 8.54. The summed E-state index contributed by atoms with van der Waals surface area (Å²) in [5.74, 6) is 0. The van der Waals surface area contributed by atoms with Crippen LogP contribution in [0.5, 0.6) is 0 Å². The summed E-state index contributed by atoms with van der Waals surface area (Å²) in [4.78, 5) is 0. The van der Waals surface area contributed by atoms with Gasteiger partial charge in [-0.05, 0) is 13.8 Å². The minimum absolute atomic E-state index is 1.24. The van der Waals surface area contributed by atoms with Crippen molar-refractivity contribution in [3.8, 4) is 24.3 Å². The summed E-state index contributed by atoms with van der Waals surface area (Å²) in [6.45, 7) is 2.48. The van der Waals surface area contributed by atoms with Crippen LogP contribution in [0.4, 0.5) is 0 Å². The van der Waals surface area contributed by atoms with Crippen molar-refractivity contribution in [2.45, 2.75) is 24.9 Å². The molecule has 0 heterocycles. The van der Waals surface area contributed by atoms with E-state index >= 15 is 0 Å². The molecule has 0 radical (unpaired) electrons. The smallest absolute Gasteiger partial charge is 0.194 e. The highest BCUT2D eigenvalue weighted by Gasteiger charge is 2.27. The number of azo groups is 1. The first-order valence-electron chi connectivity index (χ1n) is 3.54. The van der Waals surface area contributed by atoms with E-state index in [1.54, 1.807) is 24.3 Å². The Morgan fingerprint density at radius 2 is 0.929 bits per heavy atom. The van der Waals surface area contributed by atoms with Crippen molar-refractivity contribution >= 4 is 0 Å². The van der Waals surface area contributed by atoms with Gasteiger partial charge in [0.1, 0.15) is 24.3 Å². The third-order valence-corrected chi connectivity index (χ3v) is 1.32. The highest BCUT2D eigenvalue weighted by atomic mass is 15.2. The van der Waals surface area contributed by atoms with Gasteiger partial charge in [-0.25, -0.2) is 0 Å². The van der Waals surface area contributed by atoms with E-state index in [1.807, 2.05) is 0 Å². The van der Waals surface area contributed by atoms with Crippen LogP contribution < -0.4 is 0 Å². The number of hydrogen-bond donors (Lipinski definition) is 0. The zero-order valence-electron chi connectivity index (χ0n) is 7.68. The Bertz CT molecular complexity index is 339. The molecule has 0 aromatic rings. The summed E-state index contributed by atoms with van der Waals surface area (Å²) < 4.78 is 0. The van der Waals surface area contributed by atoms with Gasteiger partial charge < -0.3 is 0 Å². The Hall–Kier alpha value is -2.44. The topological polar surface area (TPSA) is 120 Å². The van der Waals surface area contributed by atoms with Crippen molar-refractivity contribution in [2.24, 2.45) is 10.2 Å². The SMILES string of the molecule is CC(C#N)(C#N)N=NC(C)(C#N)C#N. The average molecular weight is 186 g/mol. The van der Waals surface area contributed by atoms with Crippen molar-refractivity contribution in [2.75, 3.05) is 0 Å². The molecule has 14 heavy (non-hydrogen) atoms. The second-order valence-electron chi connectivity index (χ2n) is 2.79. The van der Waals surface area contributed by atoms with Crippen LogP contribution in [0.2, 0.25) is 0 Å². The lowest BCUT2D eigenvalue weighted by Crippen LogP contribution is -2.20. The Balaban J connectivity index is 5.01. The van der Waals surface area contributed by atoms with Gasteiger partial charge in [0.2, 0.25) is 11.1 Å². The Kier molecular flexibility index (Phi) is 3.29. The van der Waals surface area contributed by atoms with Crippen LogP contribution in [0.25, 0.3) is 0 Å². The van der Waals surface area contributed by atoms with Gasteiger partial charge in [0.25, 0.3) is 0 Å². The summed E-state index contributed by atoms with van der Waals surface area (Å²) in [5.41, 5.74) is -3.29. The molecule has 0 aliphatic heterocycles. The lowest BCUT2D eigenvalue weighted by molar-refractivity contribution is 0.620. The second-order valence-corrected chi connectivity index (χ2v) is 2.79. The van der Waals surface area contributed by atoms with Gasteiger partial charge in [-0.15, -0.1) is 0 Å². The fourth-order valence-electron chi connectivity index (χ4n) is 0.339. The van der Waals surface area contributed by atoms with Crippen LogP contribution in [0, 0.1) is 45.3 Å². The third-order valence-electron chi connectivity index (χ3n) is 1.32. The van der Waals surface area contributed by atoms with Gasteiger partial charge >= 0.3 is 0 Å². The Morgan fingerprint density at radius 3 is 1.07 bits per heavy atom. The monoisotopic (exact) mass is 186 g/mol. The van der Waals surface area contributed by atoms with Crippen LogP contribution >= 0.6 is 0 Å². The molecule has 6 nitrogen and oxygen atoms in total. The molecule has 0 spiro atoms. The van der Waals surface area contributed by atoms with Gasteiger partial charge in [0, 0.05) is 0 Å². The lowest BCUT2D eigenvalue weighted by Gasteiger charge is -2.07. The van der Waals surface area contributed by atoms with Crippen molar-refractivity contribution in [3.63, 3.8) is 0 Å². The quantitative estimate of drug-likeness (QED) is 0.598.